The number of carbonyl (C=O) groups is 3. The molecule has 0 bridgehead atoms. The van der Waals surface area contributed by atoms with Gasteiger partial charge < -0.3 is 15.7 Å². The molecule has 2 amide bonds. The van der Waals surface area contributed by atoms with Crippen molar-refractivity contribution < 1.29 is 19.5 Å². The number of hydrogen-bond donors (Lipinski definition) is 3. The molecule has 26 heavy (non-hydrogen) atoms. The summed E-state index contributed by atoms with van der Waals surface area (Å²) in [6, 6.07) is 6.43. The predicted octanol–water partition coefficient (Wildman–Crippen LogP) is 2.51. The minimum atomic E-state index is -1.07. The van der Waals surface area contributed by atoms with E-state index >= 15 is 0 Å². The Bertz CT molecular complexity index is 643. The summed E-state index contributed by atoms with van der Waals surface area (Å²) >= 11 is 3.79. The Labute approximate surface area is 161 Å². The highest BCUT2D eigenvalue weighted by atomic mass is 32.2. The van der Waals surface area contributed by atoms with Gasteiger partial charge in [-0.25, -0.2) is 4.79 Å². The summed E-state index contributed by atoms with van der Waals surface area (Å²) in [6.45, 7) is 3.52. The Morgan fingerprint density at radius 2 is 1.77 bits per heavy atom. The SMILES string of the molecule is CC(C)C[C@H](NC(=O)CNC(=O)c1ccc(C2SCCS2)cc1)C(=O)O. The zero-order valence-electron chi connectivity index (χ0n) is 14.9. The van der Waals surface area contributed by atoms with E-state index in [4.69, 9.17) is 5.11 Å². The Hall–Kier alpha value is -1.67. The second-order valence-electron chi connectivity index (χ2n) is 6.47. The van der Waals surface area contributed by atoms with Gasteiger partial charge in [0.15, 0.2) is 0 Å². The molecule has 0 spiro atoms. The van der Waals surface area contributed by atoms with Gasteiger partial charge in [-0.15, -0.1) is 23.5 Å². The number of hydrogen-bond acceptors (Lipinski definition) is 5. The van der Waals surface area contributed by atoms with Crippen LogP contribution in [0.2, 0.25) is 0 Å². The molecule has 8 heteroatoms. The number of amides is 2. The molecule has 0 aromatic heterocycles. The van der Waals surface area contributed by atoms with Gasteiger partial charge in [0.2, 0.25) is 5.91 Å². The molecule has 0 unspecified atom stereocenters. The molecule has 0 aliphatic carbocycles. The fraction of sp³-hybridized carbons (Fsp3) is 0.500. The lowest BCUT2D eigenvalue weighted by Crippen LogP contribution is -2.46. The first-order chi connectivity index (χ1) is 12.4. The van der Waals surface area contributed by atoms with Crippen LogP contribution in [0.25, 0.3) is 0 Å². The zero-order chi connectivity index (χ0) is 19.1. The summed E-state index contributed by atoms with van der Waals surface area (Å²) in [4.78, 5) is 35.2. The summed E-state index contributed by atoms with van der Waals surface area (Å²) in [5.41, 5.74) is 1.66. The van der Waals surface area contributed by atoms with Crippen molar-refractivity contribution in [3.8, 4) is 0 Å². The van der Waals surface area contributed by atoms with Gasteiger partial charge in [-0.2, -0.15) is 0 Å². The van der Waals surface area contributed by atoms with Crippen molar-refractivity contribution in [3.63, 3.8) is 0 Å². The lowest BCUT2D eigenvalue weighted by Gasteiger charge is -2.16. The standard InChI is InChI=1S/C18H24N2O4S2/c1-11(2)9-14(17(23)24)20-15(21)10-19-16(22)12-3-5-13(6-4-12)18-25-7-8-26-18/h3-6,11,14,18H,7-10H2,1-2H3,(H,19,22)(H,20,21)(H,23,24)/t14-/m0/s1. The molecule has 3 N–H and O–H groups in total. The molecule has 1 heterocycles. The van der Waals surface area contributed by atoms with Crippen LogP contribution in [0.4, 0.5) is 0 Å². The third kappa shape index (κ3) is 6.25. The lowest BCUT2D eigenvalue weighted by molar-refractivity contribution is -0.142. The van der Waals surface area contributed by atoms with Gasteiger partial charge in [-0.3, -0.25) is 9.59 Å². The zero-order valence-corrected chi connectivity index (χ0v) is 16.5. The van der Waals surface area contributed by atoms with Crippen LogP contribution in [0, 0.1) is 5.92 Å². The van der Waals surface area contributed by atoms with E-state index in [0.717, 1.165) is 11.5 Å². The van der Waals surface area contributed by atoms with Crippen LogP contribution in [0.15, 0.2) is 24.3 Å². The van der Waals surface area contributed by atoms with Gasteiger partial charge in [-0.1, -0.05) is 26.0 Å². The first kappa shape index (κ1) is 20.6. The molecule has 1 aliphatic rings. The third-order valence-electron chi connectivity index (χ3n) is 3.82. The van der Waals surface area contributed by atoms with Crippen molar-refractivity contribution in [2.24, 2.45) is 5.92 Å². The van der Waals surface area contributed by atoms with E-state index in [-0.39, 0.29) is 18.4 Å². The molecule has 0 saturated carbocycles. The molecular weight excluding hydrogens is 372 g/mol. The summed E-state index contributed by atoms with van der Waals surface area (Å²) < 4.78 is 0.423. The quantitative estimate of drug-likeness (QED) is 0.625. The van der Waals surface area contributed by atoms with Crippen LogP contribution in [-0.2, 0) is 9.59 Å². The number of nitrogens with one attached hydrogen (secondary N) is 2. The first-order valence-corrected chi connectivity index (χ1v) is 10.6. The Morgan fingerprint density at radius 3 is 2.31 bits per heavy atom. The van der Waals surface area contributed by atoms with Crippen molar-refractivity contribution in [2.75, 3.05) is 18.1 Å². The molecule has 1 aromatic rings. The van der Waals surface area contributed by atoms with Gasteiger partial charge in [0.1, 0.15) is 6.04 Å². The largest absolute Gasteiger partial charge is 0.480 e. The van der Waals surface area contributed by atoms with Crippen molar-refractivity contribution >= 4 is 41.3 Å². The van der Waals surface area contributed by atoms with E-state index in [1.54, 1.807) is 12.1 Å². The van der Waals surface area contributed by atoms with Crippen molar-refractivity contribution in [2.45, 2.75) is 30.9 Å². The topological polar surface area (TPSA) is 95.5 Å². The highest BCUT2D eigenvalue weighted by molar-refractivity contribution is 8.19. The number of benzene rings is 1. The van der Waals surface area contributed by atoms with Crippen LogP contribution in [0.5, 0.6) is 0 Å². The van der Waals surface area contributed by atoms with Crippen LogP contribution in [0.1, 0.15) is 40.8 Å². The Morgan fingerprint density at radius 1 is 1.15 bits per heavy atom. The lowest BCUT2D eigenvalue weighted by atomic mass is 10.0. The molecule has 1 fully saturated rings. The number of rotatable bonds is 8. The molecule has 6 nitrogen and oxygen atoms in total. The van der Waals surface area contributed by atoms with E-state index in [1.807, 2.05) is 49.5 Å². The maximum atomic E-state index is 12.2. The van der Waals surface area contributed by atoms with E-state index in [9.17, 15) is 14.4 Å². The second kappa shape index (κ2) is 9.87. The number of carbonyl (C=O) groups excluding carboxylic acids is 2. The van der Waals surface area contributed by atoms with Crippen LogP contribution in [0.3, 0.4) is 0 Å². The molecule has 1 aromatic carbocycles. The van der Waals surface area contributed by atoms with E-state index in [0.29, 0.717) is 16.6 Å². The fourth-order valence-electron chi connectivity index (χ4n) is 2.54. The van der Waals surface area contributed by atoms with E-state index < -0.39 is 17.9 Å². The van der Waals surface area contributed by atoms with Gasteiger partial charge in [0.25, 0.3) is 5.91 Å². The Kier molecular flexibility index (Phi) is 7.84. The van der Waals surface area contributed by atoms with E-state index in [2.05, 4.69) is 10.6 Å². The van der Waals surface area contributed by atoms with Gasteiger partial charge in [-0.05, 0) is 30.0 Å². The Balaban J connectivity index is 1.83. The molecule has 1 saturated heterocycles. The maximum Gasteiger partial charge on any atom is 0.326 e. The summed E-state index contributed by atoms with van der Waals surface area (Å²) in [6.07, 6.45) is 0.341. The van der Waals surface area contributed by atoms with Gasteiger partial charge in [0.05, 0.1) is 11.1 Å². The average Bonchev–Trinajstić information content (AvgIpc) is 3.13. The van der Waals surface area contributed by atoms with Crippen LogP contribution >= 0.6 is 23.5 Å². The minimum absolute atomic E-state index is 0.140. The van der Waals surface area contributed by atoms with Gasteiger partial charge >= 0.3 is 5.97 Å². The number of thioether (sulfide) groups is 2. The fourth-order valence-corrected chi connectivity index (χ4v) is 5.40. The molecule has 0 radical (unpaired) electrons. The highest BCUT2D eigenvalue weighted by Crippen LogP contribution is 2.45. The number of carboxylic acid groups (broad SMARTS) is 1. The average molecular weight is 397 g/mol. The first-order valence-electron chi connectivity index (χ1n) is 8.50. The molecule has 142 valence electrons. The molecule has 2 rings (SSSR count). The summed E-state index contributed by atoms with van der Waals surface area (Å²) in [5, 5.41) is 14.1. The highest BCUT2D eigenvalue weighted by Gasteiger charge is 2.21. The normalized spacial score (nSPS) is 15.7. The van der Waals surface area contributed by atoms with Crippen molar-refractivity contribution in [3.05, 3.63) is 35.4 Å². The minimum Gasteiger partial charge on any atom is -0.480 e. The van der Waals surface area contributed by atoms with Gasteiger partial charge in [0, 0.05) is 17.1 Å². The van der Waals surface area contributed by atoms with Crippen LogP contribution in [-0.4, -0.2) is 47.0 Å². The third-order valence-corrected chi connectivity index (χ3v) is 6.92. The second-order valence-corrected chi connectivity index (χ2v) is 9.19. The van der Waals surface area contributed by atoms with Crippen molar-refractivity contribution in [1.29, 1.82) is 0 Å². The smallest absolute Gasteiger partial charge is 0.326 e. The summed E-state index contributed by atoms with van der Waals surface area (Å²) in [5.74, 6) is 0.482. The van der Waals surface area contributed by atoms with Crippen LogP contribution < -0.4 is 10.6 Å². The number of aliphatic carboxylic acids is 1. The maximum absolute atomic E-state index is 12.2. The predicted molar refractivity (Wildman–Crippen MR) is 105 cm³/mol. The monoisotopic (exact) mass is 396 g/mol. The number of carboxylic acids is 1. The van der Waals surface area contributed by atoms with Crippen molar-refractivity contribution in [1.82, 2.24) is 10.6 Å². The summed E-state index contributed by atoms with van der Waals surface area (Å²) in [7, 11) is 0. The molecule has 1 atom stereocenters. The van der Waals surface area contributed by atoms with E-state index in [1.165, 1.54) is 5.56 Å². The molecular formula is C18H24N2O4S2. The molecule has 1 aliphatic heterocycles.